The first kappa shape index (κ1) is 15.8. The number of carboxylic acid groups (broad SMARTS) is 1. The molecule has 2 amide bonds. The van der Waals surface area contributed by atoms with E-state index in [4.69, 9.17) is 16.7 Å². The third-order valence-corrected chi connectivity index (χ3v) is 3.35. The number of aliphatic carboxylic acids is 1. The highest BCUT2D eigenvalue weighted by molar-refractivity contribution is 9.10. The molecule has 5 nitrogen and oxygen atoms in total. The molecule has 7 heteroatoms. The summed E-state index contributed by atoms with van der Waals surface area (Å²) < 4.78 is 0.693. The Bertz CT molecular complexity index is 482. The average Bonchev–Trinajstić information content (AvgIpc) is 2.32. The van der Waals surface area contributed by atoms with Crippen molar-refractivity contribution in [3.05, 3.63) is 27.7 Å². The van der Waals surface area contributed by atoms with Crippen molar-refractivity contribution >= 4 is 45.2 Å². The van der Waals surface area contributed by atoms with E-state index in [-0.39, 0.29) is 6.42 Å². The quantitative estimate of drug-likeness (QED) is 0.761. The lowest BCUT2D eigenvalue weighted by Crippen LogP contribution is -2.38. The zero-order valence-corrected chi connectivity index (χ0v) is 12.6. The van der Waals surface area contributed by atoms with Crippen LogP contribution in [0.15, 0.2) is 22.7 Å². The van der Waals surface area contributed by atoms with Gasteiger partial charge in [0.05, 0.1) is 12.1 Å². The number of nitrogens with one attached hydrogen (secondary N) is 2. The Morgan fingerprint density at radius 2 is 2.16 bits per heavy atom. The van der Waals surface area contributed by atoms with Gasteiger partial charge >= 0.3 is 12.0 Å². The Hall–Kier alpha value is -1.27. The minimum absolute atomic E-state index is 0.110. The molecule has 1 aromatic carbocycles. The van der Waals surface area contributed by atoms with Crippen LogP contribution in [0.3, 0.4) is 0 Å². The minimum atomic E-state index is -0.948. The van der Waals surface area contributed by atoms with Gasteiger partial charge in [0, 0.05) is 15.5 Å². The van der Waals surface area contributed by atoms with Gasteiger partial charge in [0.15, 0.2) is 0 Å². The van der Waals surface area contributed by atoms with E-state index in [9.17, 15) is 9.59 Å². The van der Waals surface area contributed by atoms with Crippen LogP contribution >= 0.6 is 27.5 Å². The van der Waals surface area contributed by atoms with Crippen molar-refractivity contribution in [2.24, 2.45) is 0 Å². The monoisotopic (exact) mass is 348 g/mol. The van der Waals surface area contributed by atoms with Crippen LogP contribution in [0.4, 0.5) is 10.5 Å². The maximum Gasteiger partial charge on any atom is 0.319 e. The summed E-state index contributed by atoms with van der Waals surface area (Å²) in [4.78, 5) is 22.4. The molecule has 1 atom stereocenters. The summed E-state index contributed by atoms with van der Waals surface area (Å²) in [5, 5.41) is 14.4. The molecule has 0 spiro atoms. The summed E-state index contributed by atoms with van der Waals surface area (Å²) in [7, 11) is 0. The van der Waals surface area contributed by atoms with Crippen LogP contribution in [0.2, 0.25) is 5.02 Å². The fourth-order valence-electron chi connectivity index (χ4n) is 1.45. The second kappa shape index (κ2) is 7.35. The van der Waals surface area contributed by atoms with Crippen molar-refractivity contribution in [3.8, 4) is 0 Å². The van der Waals surface area contributed by atoms with Crippen molar-refractivity contribution in [2.75, 3.05) is 5.32 Å². The molecule has 0 aliphatic heterocycles. The number of carbonyl (C=O) groups excluding carboxylic acids is 1. The van der Waals surface area contributed by atoms with Crippen molar-refractivity contribution in [2.45, 2.75) is 25.8 Å². The first-order valence-corrected chi connectivity index (χ1v) is 6.83. The normalized spacial score (nSPS) is 11.7. The fourth-order valence-corrected chi connectivity index (χ4v) is 1.96. The lowest BCUT2D eigenvalue weighted by Gasteiger charge is -2.16. The number of urea groups is 1. The highest BCUT2D eigenvalue weighted by Crippen LogP contribution is 2.25. The number of carboxylic acids is 1. The summed E-state index contributed by atoms with van der Waals surface area (Å²) in [6.07, 6.45) is 0.428. The lowest BCUT2D eigenvalue weighted by molar-refractivity contribution is -0.137. The molecule has 0 radical (unpaired) electrons. The third kappa shape index (κ3) is 5.48. The number of benzene rings is 1. The van der Waals surface area contributed by atoms with Gasteiger partial charge < -0.3 is 15.7 Å². The summed E-state index contributed by atoms with van der Waals surface area (Å²) in [6.45, 7) is 1.81. The van der Waals surface area contributed by atoms with E-state index in [0.717, 1.165) is 0 Å². The summed E-state index contributed by atoms with van der Waals surface area (Å²) >= 11 is 9.12. The number of amides is 2. The smallest absolute Gasteiger partial charge is 0.319 e. The van der Waals surface area contributed by atoms with E-state index in [1.54, 1.807) is 18.2 Å². The molecule has 0 saturated heterocycles. The Morgan fingerprint density at radius 3 is 2.74 bits per heavy atom. The van der Waals surface area contributed by atoms with Crippen LogP contribution < -0.4 is 10.6 Å². The molecular weight excluding hydrogens is 336 g/mol. The standard InChI is InChI=1S/C12H14BrClN2O3/c1-2-8(6-11(17)18)15-12(19)16-10-5-7(14)3-4-9(10)13/h3-5,8H,2,6H2,1H3,(H,17,18)(H2,15,16,19). The van der Waals surface area contributed by atoms with Crippen molar-refractivity contribution < 1.29 is 14.7 Å². The minimum Gasteiger partial charge on any atom is -0.481 e. The van der Waals surface area contributed by atoms with Gasteiger partial charge in [0.2, 0.25) is 0 Å². The molecule has 0 bridgehead atoms. The van der Waals surface area contributed by atoms with Crippen LogP contribution in [0.25, 0.3) is 0 Å². The van der Waals surface area contributed by atoms with Gasteiger partial charge in [-0.1, -0.05) is 18.5 Å². The molecule has 0 aliphatic carbocycles. The molecule has 1 aromatic rings. The predicted octanol–water partition coefficient (Wildman–Crippen LogP) is 3.48. The van der Waals surface area contributed by atoms with Gasteiger partial charge in [-0.3, -0.25) is 4.79 Å². The zero-order valence-electron chi connectivity index (χ0n) is 10.2. The van der Waals surface area contributed by atoms with Crippen molar-refractivity contribution in [1.29, 1.82) is 0 Å². The van der Waals surface area contributed by atoms with Crippen LogP contribution in [-0.2, 0) is 4.79 Å². The van der Waals surface area contributed by atoms with Gasteiger partial charge in [0.25, 0.3) is 0 Å². The molecular formula is C12H14BrClN2O3. The van der Waals surface area contributed by atoms with Crippen LogP contribution in [-0.4, -0.2) is 23.1 Å². The van der Waals surface area contributed by atoms with E-state index in [0.29, 0.717) is 21.6 Å². The van der Waals surface area contributed by atoms with E-state index in [1.807, 2.05) is 6.92 Å². The van der Waals surface area contributed by atoms with Gasteiger partial charge in [-0.25, -0.2) is 4.79 Å². The first-order chi connectivity index (χ1) is 8.92. The topological polar surface area (TPSA) is 78.4 Å². The maximum atomic E-state index is 11.7. The Kier molecular flexibility index (Phi) is 6.11. The third-order valence-electron chi connectivity index (χ3n) is 2.43. The SMILES string of the molecule is CCC(CC(=O)O)NC(=O)Nc1cc(Cl)ccc1Br. The molecule has 0 saturated carbocycles. The largest absolute Gasteiger partial charge is 0.481 e. The lowest BCUT2D eigenvalue weighted by atomic mass is 10.1. The zero-order chi connectivity index (χ0) is 14.4. The summed E-state index contributed by atoms with van der Waals surface area (Å²) in [5.41, 5.74) is 0.523. The van der Waals surface area contributed by atoms with Crippen LogP contribution in [0.1, 0.15) is 19.8 Å². The molecule has 0 fully saturated rings. The molecule has 104 valence electrons. The van der Waals surface area contributed by atoms with Crippen molar-refractivity contribution in [1.82, 2.24) is 5.32 Å². The van der Waals surface area contributed by atoms with Crippen LogP contribution in [0, 0.1) is 0 Å². The van der Waals surface area contributed by atoms with E-state index in [2.05, 4.69) is 26.6 Å². The molecule has 0 aliphatic rings. The number of hydrogen-bond acceptors (Lipinski definition) is 2. The number of hydrogen-bond donors (Lipinski definition) is 3. The second-order valence-corrected chi connectivity index (χ2v) is 5.22. The second-order valence-electron chi connectivity index (χ2n) is 3.93. The van der Waals surface area contributed by atoms with Gasteiger partial charge in [-0.2, -0.15) is 0 Å². The molecule has 3 N–H and O–H groups in total. The number of halogens is 2. The number of anilines is 1. The highest BCUT2D eigenvalue weighted by Gasteiger charge is 2.14. The maximum absolute atomic E-state index is 11.7. The summed E-state index contributed by atoms with van der Waals surface area (Å²) in [6, 6.07) is 4.13. The fraction of sp³-hybridized carbons (Fsp3) is 0.333. The molecule has 0 aromatic heterocycles. The van der Waals surface area contributed by atoms with Gasteiger partial charge in [-0.05, 0) is 40.5 Å². The average molecular weight is 350 g/mol. The molecule has 0 heterocycles. The Labute approximate surface area is 124 Å². The van der Waals surface area contributed by atoms with E-state index in [1.165, 1.54) is 0 Å². The summed E-state index contributed by atoms with van der Waals surface area (Å²) in [5.74, 6) is -0.948. The number of carbonyl (C=O) groups is 2. The van der Waals surface area contributed by atoms with Crippen LogP contribution in [0.5, 0.6) is 0 Å². The number of rotatable bonds is 5. The van der Waals surface area contributed by atoms with E-state index >= 15 is 0 Å². The Balaban J connectivity index is 2.63. The highest BCUT2D eigenvalue weighted by atomic mass is 79.9. The van der Waals surface area contributed by atoms with Gasteiger partial charge in [-0.15, -0.1) is 0 Å². The Morgan fingerprint density at radius 1 is 1.47 bits per heavy atom. The first-order valence-electron chi connectivity index (χ1n) is 5.66. The molecule has 1 rings (SSSR count). The van der Waals surface area contributed by atoms with Crippen molar-refractivity contribution in [3.63, 3.8) is 0 Å². The predicted molar refractivity (Wildman–Crippen MR) is 77.6 cm³/mol. The van der Waals surface area contributed by atoms with E-state index < -0.39 is 18.0 Å². The van der Waals surface area contributed by atoms with Gasteiger partial charge in [0.1, 0.15) is 0 Å². The molecule has 1 unspecified atom stereocenters. The molecule has 19 heavy (non-hydrogen) atoms.